The van der Waals surface area contributed by atoms with E-state index in [9.17, 15) is 4.79 Å². The van der Waals surface area contributed by atoms with Crippen LogP contribution < -0.4 is 5.32 Å². The van der Waals surface area contributed by atoms with Crippen molar-refractivity contribution in [3.63, 3.8) is 0 Å². The molecule has 3 aromatic carbocycles. The van der Waals surface area contributed by atoms with Crippen LogP contribution in [-0.4, -0.2) is 5.78 Å². The quantitative estimate of drug-likeness (QED) is 0.137. The second-order valence-corrected chi connectivity index (χ2v) is 9.47. The van der Waals surface area contributed by atoms with Crippen molar-refractivity contribution in [2.45, 2.75) is 78.2 Å². The highest BCUT2D eigenvalue weighted by Gasteiger charge is 2.19. The molecule has 0 heterocycles. The Bertz CT molecular complexity index is 1040. The fraction of sp³-hybridized carbons (Fsp3) is 0.364. The van der Waals surface area contributed by atoms with Crippen molar-refractivity contribution < 1.29 is 4.79 Å². The fourth-order valence-electron chi connectivity index (χ4n) is 4.44. The van der Waals surface area contributed by atoms with Crippen molar-refractivity contribution in [2.75, 3.05) is 0 Å². The summed E-state index contributed by atoms with van der Waals surface area (Å²) in [6.07, 6.45) is 10.4. The van der Waals surface area contributed by atoms with Crippen LogP contribution in [0.5, 0.6) is 0 Å². The molecule has 0 spiro atoms. The van der Waals surface area contributed by atoms with Gasteiger partial charge in [-0.2, -0.15) is 0 Å². The molecular formula is C33H41NO. The maximum absolute atomic E-state index is 13.7. The Kier molecular flexibility index (Phi) is 11.3. The molecule has 0 aromatic heterocycles. The molecule has 0 aliphatic rings. The van der Waals surface area contributed by atoms with Gasteiger partial charge in [0.25, 0.3) is 0 Å². The van der Waals surface area contributed by atoms with Crippen LogP contribution in [0.25, 0.3) is 11.3 Å². The third-order valence-electron chi connectivity index (χ3n) is 6.50. The summed E-state index contributed by atoms with van der Waals surface area (Å²) < 4.78 is 0. The van der Waals surface area contributed by atoms with Gasteiger partial charge in [-0.15, -0.1) is 0 Å². The minimum absolute atomic E-state index is 0.221. The topological polar surface area (TPSA) is 29.1 Å². The number of allylic oxidation sites excluding steroid dienone is 1. The number of unbranched alkanes of at least 4 members (excludes halogenated alkanes) is 7. The number of nitrogens with one attached hydrogen (secondary N) is 1. The summed E-state index contributed by atoms with van der Waals surface area (Å²) in [4.78, 5) is 13.7. The molecule has 0 unspecified atom stereocenters. The van der Waals surface area contributed by atoms with Crippen LogP contribution in [0.2, 0.25) is 0 Å². The lowest BCUT2D eigenvalue weighted by Crippen LogP contribution is -2.17. The summed E-state index contributed by atoms with van der Waals surface area (Å²) in [7, 11) is 0. The van der Waals surface area contributed by atoms with Gasteiger partial charge in [0.15, 0.2) is 5.78 Å². The second-order valence-electron chi connectivity index (χ2n) is 9.47. The number of Topliss-reactive ketones (excluding diaryl/α,β-unsaturated/α-hetero) is 1. The summed E-state index contributed by atoms with van der Waals surface area (Å²) >= 11 is 0. The largest absolute Gasteiger partial charge is 0.380 e. The number of carbonyl (C=O) groups is 1. The van der Waals surface area contributed by atoms with Crippen molar-refractivity contribution in [3.8, 4) is 0 Å². The molecule has 0 saturated heterocycles. The highest BCUT2D eigenvalue weighted by molar-refractivity contribution is 6.27. The number of aryl methyl sites for hydroxylation is 1. The lowest BCUT2D eigenvalue weighted by molar-refractivity contribution is -0.113. The standard InChI is InChI=1S/C33H41NO/c1-3-4-5-6-7-8-9-16-21-31(35)32(29-19-14-11-15-20-29)33(30-24-22-27(2)23-25-30)34-26-28-17-12-10-13-18-28/h10-15,17-20,22-25,34H,3-9,16,21,26H2,1-2H3/b33-32+. The first-order chi connectivity index (χ1) is 17.2. The smallest absolute Gasteiger partial charge is 0.165 e. The number of hydrogen-bond donors (Lipinski definition) is 1. The van der Waals surface area contributed by atoms with Gasteiger partial charge in [-0.25, -0.2) is 0 Å². The zero-order chi connectivity index (χ0) is 24.7. The summed E-state index contributed by atoms with van der Waals surface area (Å²) in [5, 5.41) is 3.64. The highest BCUT2D eigenvalue weighted by atomic mass is 16.1. The summed E-state index contributed by atoms with van der Waals surface area (Å²) in [5.41, 5.74) is 6.16. The average Bonchev–Trinajstić information content (AvgIpc) is 2.89. The van der Waals surface area contributed by atoms with Crippen molar-refractivity contribution in [3.05, 3.63) is 107 Å². The van der Waals surface area contributed by atoms with E-state index in [0.29, 0.717) is 13.0 Å². The predicted octanol–water partition coefficient (Wildman–Crippen LogP) is 8.75. The number of carbonyl (C=O) groups excluding carboxylic acids is 1. The molecule has 184 valence electrons. The van der Waals surface area contributed by atoms with Crippen molar-refractivity contribution in [1.29, 1.82) is 0 Å². The molecule has 0 bridgehead atoms. The van der Waals surface area contributed by atoms with Crippen molar-refractivity contribution >= 4 is 17.1 Å². The molecule has 3 rings (SSSR count). The molecule has 0 saturated carbocycles. The Balaban J connectivity index is 1.82. The van der Waals surface area contributed by atoms with Crippen LogP contribution in [0.15, 0.2) is 84.9 Å². The van der Waals surface area contributed by atoms with Gasteiger partial charge in [0.05, 0.1) is 5.70 Å². The number of ketones is 1. The average molecular weight is 468 g/mol. The van der Waals surface area contributed by atoms with Gasteiger partial charge < -0.3 is 5.32 Å². The van der Waals surface area contributed by atoms with E-state index in [2.05, 4.69) is 79.8 Å². The Labute approximate surface area is 212 Å². The van der Waals surface area contributed by atoms with E-state index in [4.69, 9.17) is 0 Å². The van der Waals surface area contributed by atoms with Crippen LogP contribution in [0, 0.1) is 6.92 Å². The zero-order valence-corrected chi connectivity index (χ0v) is 21.6. The van der Waals surface area contributed by atoms with E-state index in [0.717, 1.165) is 35.2 Å². The number of benzene rings is 3. The van der Waals surface area contributed by atoms with Gasteiger partial charge in [0.2, 0.25) is 0 Å². The Hall–Kier alpha value is -3.13. The first-order valence-electron chi connectivity index (χ1n) is 13.4. The molecular weight excluding hydrogens is 426 g/mol. The third kappa shape index (κ3) is 8.87. The fourth-order valence-corrected chi connectivity index (χ4v) is 4.44. The molecule has 0 aliphatic carbocycles. The monoisotopic (exact) mass is 467 g/mol. The van der Waals surface area contributed by atoms with Gasteiger partial charge in [0.1, 0.15) is 0 Å². The minimum Gasteiger partial charge on any atom is -0.380 e. The second kappa shape index (κ2) is 15.0. The van der Waals surface area contributed by atoms with Gasteiger partial charge in [-0.05, 0) is 30.0 Å². The molecule has 35 heavy (non-hydrogen) atoms. The lowest BCUT2D eigenvalue weighted by atomic mass is 9.92. The maximum atomic E-state index is 13.7. The van der Waals surface area contributed by atoms with Gasteiger partial charge >= 0.3 is 0 Å². The Morgan fingerprint density at radius 1 is 0.657 bits per heavy atom. The Morgan fingerprint density at radius 3 is 1.86 bits per heavy atom. The molecule has 1 N–H and O–H groups in total. The number of hydrogen-bond acceptors (Lipinski definition) is 2. The molecule has 0 amide bonds. The van der Waals surface area contributed by atoms with Crippen LogP contribution in [0.1, 0.15) is 87.0 Å². The molecule has 2 nitrogen and oxygen atoms in total. The summed E-state index contributed by atoms with van der Waals surface area (Å²) in [6.45, 7) is 5.02. The van der Waals surface area contributed by atoms with Gasteiger partial charge in [0, 0.05) is 18.5 Å². The lowest BCUT2D eigenvalue weighted by Gasteiger charge is -2.18. The normalized spacial score (nSPS) is 11.7. The van der Waals surface area contributed by atoms with Crippen LogP contribution in [0.4, 0.5) is 0 Å². The molecule has 0 radical (unpaired) electrons. The van der Waals surface area contributed by atoms with E-state index < -0.39 is 0 Å². The zero-order valence-electron chi connectivity index (χ0n) is 21.6. The molecule has 2 heteroatoms. The minimum atomic E-state index is 0.221. The molecule has 0 fully saturated rings. The highest BCUT2D eigenvalue weighted by Crippen LogP contribution is 2.28. The molecule has 3 aromatic rings. The van der Waals surface area contributed by atoms with E-state index in [1.54, 1.807) is 0 Å². The SMILES string of the molecule is CCCCCCCCCCC(=O)/C(=C(/NCc1ccccc1)c1ccc(C)cc1)c1ccccc1. The van der Waals surface area contributed by atoms with Crippen LogP contribution in [-0.2, 0) is 11.3 Å². The Morgan fingerprint density at radius 2 is 1.23 bits per heavy atom. The molecule has 0 atom stereocenters. The van der Waals surface area contributed by atoms with Gasteiger partial charge in [-0.1, -0.05) is 142 Å². The number of rotatable bonds is 15. The van der Waals surface area contributed by atoms with Crippen molar-refractivity contribution in [1.82, 2.24) is 5.32 Å². The van der Waals surface area contributed by atoms with Crippen LogP contribution >= 0.6 is 0 Å². The maximum Gasteiger partial charge on any atom is 0.165 e. The molecule has 0 aliphatic heterocycles. The van der Waals surface area contributed by atoms with Gasteiger partial charge in [-0.3, -0.25) is 4.79 Å². The summed E-state index contributed by atoms with van der Waals surface area (Å²) in [6, 6.07) is 29.0. The summed E-state index contributed by atoms with van der Waals surface area (Å²) in [5.74, 6) is 0.221. The first kappa shape index (κ1) is 26.5. The first-order valence-corrected chi connectivity index (χ1v) is 13.4. The van der Waals surface area contributed by atoms with E-state index in [-0.39, 0.29) is 5.78 Å². The third-order valence-corrected chi connectivity index (χ3v) is 6.50. The van der Waals surface area contributed by atoms with Crippen molar-refractivity contribution in [2.24, 2.45) is 0 Å². The van der Waals surface area contributed by atoms with E-state index in [1.807, 2.05) is 24.3 Å². The van der Waals surface area contributed by atoms with Crippen LogP contribution in [0.3, 0.4) is 0 Å². The van der Waals surface area contributed by atoms with E-state index >= 15 is 0 Å². The predicted molar refractivity (Wildman–Crippen MR) is 150 cm³/mol. The van der Waals surface area contributed by atoms with E-state index in [1.165, 1.54) is 49.7 Å².